The zero-order valence-corrected chi connectivity index (χ0v) is 18.0. The van der Waals surface area contributed by atoms with Crippen molar-refractivity contribution in [3.8, 4) is 5.75 Å². The molecule has 0 radical (unpaired) electrons. The SMILES string of the molecule is CNC[C@H]1Oc2c(NC(=O)C3CCOCC3)cccc2C(=O)N([C@@H](C)CO)C[C@H]1C. The molecule has 3 atom stereocenters. The highest BCUT2D eigenvalue weighted by atomic mass is 16.5. The number of carbonyl (C=O) groups excluding carboxylic acids is 2. The van der Waals surface area contributed by atoms with Crippen molar-refractivity contribution in [2.75, 3.05) is 45.3 Å². The van der Waals surface area contributed by atoms with Crippen LogP contribution in [0.2, 0.25) is 0 Å². The molecule has 1 saturated heterocycles. The summed E-state index contributed by atoms with van der Waals surface area (Å²) >= 11 is 0. The molecular weight excluding hydrogens is 386 g/mol. The van der Waals surface area contributed by atoms with Crippen molar-refractivity contribution in [1.29, 1.82) is 0 Å². The summed E-state index contributed by atoms with van der Waals surface area (Å²) < 4.78 is 11.7. The van der Waals surface area contributed by atoms with Crippen LogP contribution in [-0.2, 0) is 9.53 Å². The Labute approximate surface area is 177 Å². The van der Waals surface area contributed by atoms with Gasteiger partial charge in [-0.05, 0) is 38.9 Å². The maximum atomic E-state index is 13.3. The van der Waals surface area contributed by atoms with Gasteiger partial charge in [-0.15, -0.1) is 0 Å². The minimum absolute atomic E-state index is 0.0304. The predicted molar refractivity (Wildman–Crippen MR) is 114 cm³/mol. The number of hydrogen-bond acceptors (Lipinski definition) is 6. The number of hydrogen-bond donors (Lipinski definition) is 3. The van der Waals surface area contributed by atoms with Gasteiger partial charge in [0.15, 0.2) is 5.75 Å². The number of fused-ring (bicyclic) bond motifs is 1. The number of para-hydroxylation sites is 1. The average Bonchev–Trinajstić information content (AvgIpc) is 2.76. The molecule has 1 aromatic rings. The molecular formula is C22H33N3O5. The Morgan fingerprint density at radius 2 is 2.07 bits per heavy atom. The monoisotopic (exact) mass is 419 g/mol. The topological polar surface area (TPSA) is 100 Å². The number of benzene rings is 1. The molecule has 1 fully saturated rings. The summed E-state index contributed by atoms with van der Waals surface area (Å²) in [6.45, 7) is 5.97. The standard InChI is InChI=1S/C22H33N3O5/c1-14-12-25(15(2)13-26)22(28)17-5-4-6-18(20(17)30-19(14)11-23-3)24-21(27)16-7-9-29-10-8-16/h4-6,14-16,19,23,26H,7-13H2,1-3H3,(H,24,27)/t14-,15+,19-/m1/s1. The third-order valence-electron chi connectivity index (χ3n) is 5.95. The van der Waals surface area contributed by atoms with E-state index in [0.29, 0.717) is 56.1 Å². The van der Waals surface area contributed by atoms with E-state index in [1.807, 2.05) is 20.9 Å². The van der Waals surface area contributed by atoms with Crippen molar-refractivity contribution in [2.45, 2.75) is 38.8 Å². The second kappa shape index (κ2) is 10.2. The maximum Gasteiger partial charge on any atom is 0.258 e. The Bertz CT molecular complexity index is 750. The number of carbonyl (C=O) groups is 2. The summed E-state index contributed by atoms with van der Waals surface area (Å²) in [6, 6.07) is 4.91. The summed E-state index contributed by atoms with van der Waals surface area (Å²) in [6.07, 6.45) is 1.17. The molecule has 0 saturated carbocycles. The summed E-state index contributed by atoms with van der Waals surface area (Å²) in [7, 11) is 1.86. The first kappa shape index (κ1) is 22.5. The normalized spacial score (nSPS) is 23.7. The van der Waals surface area contributed by atoms with Gasteiger partial charge in [-0.1, -0.05) is 13.0 Å². The molecule has 3 rings (SSSR count). The van der Waals surface area contributed by atoms with Gasteiger partial charge in [0.05, 0.1) is 23.9 Å². The van der Waals surface area contributed by atoms with Gasteiger partial charge in [0.25, 0.3) is 5.91 Å². The quantitative estimate of drug-likeness (QED) is 0.646. The highest BCUT2D eigenvalue weighted by Crippen LogP contribution is 2.35. The molecule has 0 unspecified atom stereocenters. The first-order valence-corrected chi connectivity index (χ1v) is 10.7. The van der Waals surface area contributed by atoms with Crippen LogP contribution in [0.4, 0.5) is 5.69 Å². The van der Waals surface area contributed by atoms with E-state index in [2.05, 4.69) is 10.6 Å². The summed E-state index contributed by atoms with van der Waals surface area (Å²) in [5, 5.41) is 15.8. The van der Waals surface area contributed by atoms with Crippen LogP contribution in [0.5, 0.6) is 5.75 Å². The van der Waals surface area contributed by atoms with Crippen LogP contribution in [0.15, 0.2) is 18.2 Å². The Balaban J connectivity index is 1.96. The second-order valence-corrected chi connectivity index (χ2v) is 8.24. The number of ether oxygens (including phenoxy) is 2. The largest absolute Gasteiger partial charge is 0.486 e. The molecule has 8 heteroatoms. The lowest BCUT2D eigenvalue weighted by atomic mass is 9.98. The molecule has 2 aliphatic rings. The van der Waals surface area contributed by atoms with Gasteiger partial charge >= 0.3 is 0 Å². The number of aliphatic hydroxyl groups is 1. The Morgan fingerprint density at radius 1 is 1.33 bits per heavy atom. The third kappa shape index (κ3) is 4.94. The minimum Gasteiger partial charge on any atom is -0.486 e. The van der Waals surface area contributed by atoms with E-state index in [9.17, 15) is 14.7 Å². The van der Waals surface area contributed by atoms with E-state index in [1.165, 1.54) is 0 Å². The lowest BCUT2D eigenvalue weighted by Gasteiger charge is -2.37. The smallest absolute Gasteiger partial charge is 0.258 e. The predicted octanol–water partition coefficient (Wildman–Crippen LogP) is 1.49. The van der Waals surface area contributed by atoms with Crippen molar-refractivity contribution in [3.05, 3.63) is 23.8 Å². The fourth-order valence-corrected chi connectivity index (χ4v) is 3.98. The Hall–Kier alpha value is -2.16. The van der Waals surface area contributed by atoms with E-state index < -0.39 is 0 Å². The maximum absolute atomic E-state index is 13.3. The van der Waals surface area contributed by atoms with Crippen LogP contribution in [0.3, 0.4) is 0 Å². The van der Waals surface area contributed by atoms with E-state index in [0.717, 1.165) is 0 Å². The van der Waals surface area contributed by atoms with Crippen LogP contribution in [0.25, 0.3) is 0 Å². The van der Waals surface area contributed by atoms with Gasteiger partial charge in [0, 0.05) is 38.1 Å². The number of rotatable bonds is 6. The molecule has 166 valence electrons. The number of nitrogens with one attached hydrogen (secondary N) is 2. The minimum atomic E-state index is -0.318. The highest BCUT2D eigenvalue weighted by Gasteiger charge is 2.34. The number of likely N-dealkylation sites (N-methyl/N-ethyl adjacent to an activating group) is 1. The Morgan fingerprint density at radius 3 is 2.73 bits per heavy atom. The molecule has 2 aliphatic heterocycles. The van der Waals surface area contributed by atoms with Crippen LogP contribution in [0, 0.1) is 11.8 Å². The zero-order chi connectivity index (χ0) is 21.7. The second-order valence-electron chi connectivity index (χ2n) is 8.24. The number of amides is 2. The molecule has 30 heavy (non-hydrogen) atoms. The van der Waals surface area contributed by atoms with E-state index in [1.54, 1.807) is 23.1 Å². The highest BCUT2D eigenvalue weighted by molar-refractivity contribution is 6.02. The third-order valence-corrected chi connectivity index (χ3v) is 5.95. The van der Waals surface area contributed by atoms with Crippen molar-refractivity contribution in [1.82, 2.24) is 10.2 Å². The van der Waals surface area contributed by atoms with Gasteiger partial charge in [-0.3, -0.25) is 9.59 Å². The van der Waals surface area contributed by atoms with Crippen molar-refractivity contribution in [2.24, 2.45) is 11.8 Å². The van der Waals surface area contributed by atoms with Crippen molar-refractivity contribution in [3.63, 3.8) is 0 Å². The average molecular weight is 420 g/mol. The molecule has 2 heterocycles. The fourth-order valence-electron chi connectivity index (χ4n) is 3.98. The lowest BCUT2D eigenvalue weighted by molar-refractivity contribution is -0.122. The molecule has 0 aromatic heterocycles. The van der Waals surface area contributed by atoms with Crippen molar-refractivity contribution < 1.29 is 24.2 Å². The van der Waals surface area contributed by atoms with Crippen LogP contribution in [-0.4, -0.2) is 73.9 Å². The zero-order valence-electron chi connectivity index (χ0n) is 18.0. The van der Waals surface area contributed by atoms with Crippen LogP contribution >= 0.6 is 0 Å². The summed E-state index contributed by atoms with van der Waals surface area (Å²) in [5.74, 6) is 0.0246. The summed E-state index contributed by atoms with van der Waals surface area (Å²) in [4.78, 5) is 27.8. The fraction of sp³-hybridized carbons (Fsp3) is 0.636. The van der Waals surface area contributed by atoms with Gasteiger partial charge in [0.2, 0.25) is 5.91 Å². The number of aliphatic hydroxyl groups excluding tert-OH is 1. The van der Waals surface area contributed by atoms with Gasteiger partial charge in [-0.25, -0.2) is 0 Å². The number of nitrogens with zero attached hydrogens (tertiary/aromatic N) is 1. The Kier molecular flexibility index (Phi) is 7.69. The van der Waals surface area contributed by atoms with Gasteiger partial charge < -0.3 is 30.1 Å². The van der Waals surface area contributed by atoms with E-state index >= 15 is 0 Å². The van der Waals surface area contributed by atoms with E-state index in [-0.39, 0.29) is 42.4 Å². The molecule has 3 N–H and O–H groups in total. The van der Waals surface area contributed by atoms with Crippen LogP contribution in [0.1, 0.15) is 37.0 Å². The van der Waals surface area contributed by atoms with Gasteiger partial charge in [-0.2, -0.15) is 0 Å². The molecule has 0 bridgehead atoms. The molecule has 0 aliphatic carbocycles. The molecule has 2 amide bonds. The van der Waals surface area contributed by atoms with Gasteiger partial charge in [0.1, 0.15) is 6.10 Å². The lowest BCUT2D eigenvalue weighted by Crippen LogP contribution is -2.49. The first-order valence-electron chi connectivity index (χ1n) is 10.7. The number of anilines is 1. The van der Waals surface area contributed by atoms with Crippen molar-refractivity contribution >= 4 is 17.5 Å². The first-order chi connectivity index (χ1) is 14.5. The summed E-state index contributed by atoms with van der Waals surface area (Å²) in [5.41, 5.74) is 0.900. The van der Waals surface area contributed by atoms with Crippen LogP contribution < -0.4 is 15.4 Å². The molecule has 1 aromatic carbocycles. The van der Waals surface area contributed by atoms with E-state index in [4.69, 9.17) is 9.47 Å². The molecule has 8 nitrogen and oxygen atoms in total. The molecule has 0 spiro atoms.